The van der Waals surface area contributed by atoms with Crippen LogP contribution in [0.25, 0.3) is 0 Å². The van der Waals surface area contributed by atoms with E-state index >= 15 is 0 Å². The lowest BCUT2D eigenvalue weighted by atomic mass is 10.1. The van der Waals surface area contributed by atoms with Crippen LogP contribution in [0.5, 0.6) is 0 Å². The fraction of sp³-hybridized carbons (Fsp3) is 0.231. The molecule has 0 unspecified atom stereocenters. The zero-order valence-electron chi connectivity index (χ0n) is 11.3. The minimum absolute atomic E-state index is 0.0251. The van der Waals surface area contributed by atoms with E-state index < -0.39 is 27.2 Å². The van der Waals surface area contributed by atoms with Crippen molar-refractivity contribution in [2.24, 2.45) is 0 Å². The van der Waals surface area contributed by atoms with Crippen molar-refractivity contribution in [3.8, 4) is 0 Å². The number of aromatic carboxylic acids is 1. The highest BCUT2D eigenvalue weighted by molar-refractivity contribution is 7.90. The van der Waals surface area contributed by atoms with Crippen molar-refractivity contribution in [1.29, 1.82) is 0 Å². The van der Waals surface area contributed by atoms with Crippen LogP contribution < -0.4 is 0 Å². The smallest absolute Gasteiger partial charge is 0.338 e. The van der Waals surface area contributed by atoms with Crippen LogP contribution >= 0.6 is 11.3 Å². The summed E-state index contributed by atoms with van der Waals surface area (Å²) in [5.74, 6) is -2.77. The highest BCUT2D eigenvalue weighted by Crippen LogP contribution is 2.23. The molecule has 0 bridgehead atoms. The topological polar surface area (TPSA) is 84.3 Å². The quantitative estimate of drug-likeness (QED) is 0.872. The van der Waals surface area contributed by atoms with Gasteiger partial charge in [-0.3, -0.25) is 0 Å². The molecule has 0 radical (unpaired) electrons. The molecule has 1 N–H and O–H groups in total. The Balaban J connectivity index is 2.47. The van der Waals surface area contributed by atoms with E-state index in [1.54, 1.807) is 12.3 Å². The molecular formula is C13H12FNO4S2. The maximum atomic E-state index is 13.7. The van der Waals surface area contributed by atoms with Crippen LogP contribution in [0.4, 0.5) is 4.39 Å². The van der Waals surface area contributed by atoms with Crippen molar-refractivity contribution in [3.05, 3.63) is 45.2 Å². The summed E-state index contributed by atoms with van der Waals surface area (Å²) in [5, 5.41) is 11.3. The second-order valence-electron chi connectivity index (χ2n) is 4.52. The molecule has 21 heavy (non-hydrogen) atoms. The SMILES string of the molecule is Cc1nc(CS(=O)(=O)c2cc(C)c(F)c(C(=O)O)c2)cs1. The van der Waals surface area contributed by atoms with Gasteiger partial charge in [-0.15, -0.1) is 11.3 Å². The van der Waals surface area contributed by atoms with E-state index in [0.717, 1.165) is 17.1 Å². The molecule has 0 amide bonds. The van der Waals surface area contributed by atoms with Gasteiger partial charge >= 0.3 is 5.97 Å². The number of nitrogens with zero attached hydrogens (tertiary/aromatic N) is 1. The van der Waals surface area contributed by atoms with Crippen LogP contribution in [-0.2, 0) is 15.6 Å². The van der Waals surface area contributed by atoms with Crippen LogP contribution in [0.1, 0.15) is 26.6 Å². The van der Waals surface area contributed by atoms with E-state index in [0.29, 0.717) is 5.69 Å². The van der Waals surface area contributed by atoms with Crippen molar-refractivity contribution in [3.63, 3.8) is 0 Å². The lowest BCUT2D eigenvalue weighted by molar-refractivity contribution is 0.0691. The number of sulfone groups is 1. The molecule has 1 aromatic carbocycles. The van der Waals surface area contributed by atoms with Crippen molar-refractivity contribution in [1.82, 2.24) is 4.98 Å². The van der Waals surface area contributed by atoms with E-state index in [1.807, 2.05) is 0 Å². The zero-order valence-corrected chi connectivity index (χ0v) is 12.9. The minimum atomic E-state index is -3.78. The Labute approximate surface area is 125 Å². The fourth-order valence-corrected chi connectivity index (χ4v) is 3.90. The number of carboxylic acids is 1. The van der Waals surface area contributed by atoms with Crippen LogP contribution in [0, 0.1) is 19.7 Å². The molecule has 1 heterocycles. The normalized spacial score (nSPS) is 11.6. The molecule has 0 atom stereocenters. The standard InChI is InChI=1S/C13H12FNO4S2/c1-7-3-10(4-11(12(7)14)13(16)17)21(18,19)6-9-5-20-8(2)15-9/h3-5H,6H2,1-2H3,(H,16,17). The molecule has 0 fully saturated rings. The molecule has 5 nitrogen and oxygen atoms in total. The van der Waals surface area contributed by atoms with Gasteiger partial charge in [-0.05, 0) is 31.5 Å². The Morgan fingerprint density at radius 1 is 1.38 bits per heavy atom. The molecule has 0 aliphatic rings. The second kappa shape index (κ2) is 5.53. The molecule has 0 saturated carbocycles. The number of hydrogen-bond donors (Lipinski definition) is 1. The van der Waals surface area contributed by atoms with Gasteiger partial charge in [0.1, 0.15) is 5.82 Å². The first-order valence-electron chi connectivity index (χ1n) is 5.88. The van der Waals surface area contributed by atoms with Gasteiger partial charge in [0.2, 0.25) is 0 Å². The van der Waals surface area contributed by atoms with Gasteiger partial charge < -0.3 is 5.11 Å². The summed E-state index contributed by atoms with van der Waals surface area (Å²) < 4.78 is 38.3. The van der Waals surface area contributed by atoms with Gasteiger partial charge in [-0.2, -0.15) is 0 Å². The van der Waals surface area contributed by atoms with E-state index in [2.05, 4.69) is 4.98 Å². The van der Waals surface area contributed by atoms with Crippen molar-refractivity contribution in [2.45, 2.75) is 24.5 Å². The van der Waals surface area contributed by atoms with Gasteiger partial charge in [0.05, 0.1) is 26.9 Å². The molecule has 8 heteroatoms. The van der Waals surface area contributed by atoms with Crippen LogP contribution in [0.2, 0.25) is 0 Å². The van der Waals surface area contributed by atoms with Crippen LogP contribution in [0.3, 0.4) is 0 Å². The van der Waals surface area contributed by atoms with E-state index in [-0.39, 0.29) is 16.2 Å². The van der Waals surface area contributed by atoms with E-state index in [4.69, 9.17) is 5.11 Å². The molecule has 112 valence electrons. The van der Waals surface area contributed by atoms with E-state index in [9.17, 15) is 17.6 Å². The summed E-state index contributed by atoms with van der Waals surface area (Å²) in [5.41, 5.74) is -0.290. The number of hydrogen-bond acceptors (Lipinski definition) is 5. The Hall–Kier alpha value is -1.80. The number of benzene rings is 1. The van der Waals surface area contributed by atoms with Crippen molar-refractivity contribution >= 4 is 27.1 Å². The fourth-order valence-electron chi connectivity index (χ4n) is 1.82. The lowest BCUT2D eigenvalue weighted by Gasteiger charge is -2.07. The van der Waals surface area contributed by atoms with Gasteiger partial charge in [0.25, 0.3) is 0 Å². The number of halogens is 1. The van der Waals surface area contributed by atoms with Gasteiger partial charge in [-0.25, -0.2) is 22.6 Å². The average Bonchev–Trinajstić information content (AvgIpc) is 2.76. The maximum absolute atomic E-state index is 13.7. The third-order valence-electron chi connectivity index (χ3n) is 2.82. The molecule has 2 rings (SSSR count). The van der Waals surface area contributed by atoms with Crippen LogP contribution in [-0.4, -0.2) is 24.5 Å². The highest BCUT2D eigenvalue weighted by atomic mass is 32.2. The van der Waals surface area contributed by atoms with E-state index in [1.165, 1.54) is 18.3 Å². The van der Waals surface area contributed by atoms with Crippen molar-refractivity contribution in [2.75, 3.05) is 0 Å². The molecule has 0 aliphatic heterocycles. The Kier molecular flexibility index (Phi) is 4.11. The summed E-state index contributed by atoms with van der Waals surface area (Å²) >= 11 is 1.32. The monoisotopic (exact) mass is 329 g/mol. The molecule has 1 aromatic heterocycles. The predicted molar refractivity (Wildman–Crippen MR) is 75.8 cm³/mol. The molecular weight excluding hydrogens is 317 g/mol. The molecule has 0 saturated heterocycles. The van der Waals surface area contributed by atoms with Crippen LogP contribution in [0.15, 0.2) is 22.4 Å². The first-order chi connectivity index (χ1) is 9.70. The number of rotatable bonds is 4. The predicted octanol–water partition coefficient (Wildman–Crippen LogP) is 2.57. The maximum Gasteiger partial charge on any atom is 0.338 e. The molecule has 0 aliphatic carbocycles. The third kappa shape index (κ3) is 3.27. The number of aromatic nitrogens is 1. The number of carbonyl (C=O) groups is 1. The first kappa shape index (κ1) is 15.6. The van der Waals surface area contributed by atoms with Gasteiger partial charge in [0.15, 0.2) is 9.84 Å². The third-order valence-corrected chi connectivity index (χ3v) is 5.27. The first-order valence-corrected chi connectivity index (χ1v) is 8.41. The van der Waals surface area contributed by atoms with Gasteiger partial charge in [-0.1, -0.05) is 0 Å². The highest BCUT2D eigenvalue weighted by Gasteiger charge is 2.22. The Bertz CT molecular complexity index is 812. The second-order valence-corrected chi connectivity index (χ2v) is 7.58. The number of thiazole rings is 1. The summed E-state index contributed by atoms with van der Waals surface area (Å²) in [4.78, 5) is 14.8. The average molecular weight is 329 g/mol. The Morgan fingerprint density at radius 3 is 2.57 bits per heavy atom. The lowest BCUT2D eigenvalue weighted by Crippen LogP contribution is -2.10. The van der Waals surface area contributed by atoms with Crippen molar-refractivity contribution < 1.29 is 22.7 Å². The largest absolute Gasteiger partial charge is 0.478 e. The zero-order chi connectivity index (χ0) is 15.8. The minimum Gasteiger partial charge on any atom is -0.478 e. The molecule has 2 aromatic rings. The van der Waals surface area contributed by atoms with Gasteiger partial charge in [0, 0.05) is 5.38 Å². The molecule has 0 spiro atoms. The summed E-state index contributed by atoms with van der Waals surface area (Å²) in [6.07, 6.45) is 0. The summed E-state index contributed by atoms with van der Waals surface area (Å²) in [6, 6.07) is 1.98. The summed E-state index contributed by atoms with van der Waals surface area (Å²) in [7, 11) is -3.78. The Morgan fingerprint density at radius 2 is 2.05 bits per heavy atom. The summed E-state index contributed by atoms with van der Waals surface area (Å²) in [6.45, 7) is 3.08. The number of aryl methyl sites for hydroxylation is 2. The number of carboxylic acid groups (broad SMARTS) is 1.